The second-order valence-corrected chi connectivity index (χ2v) is 16.0. The fourth-order valence-electron chi connectivity index (χ4n) is 6.34. The van der Waals surface area contributed by atoms with Crippen LogP contribution in [-0.2, 0) is 28.6 Å². The second kappa shape index (κ2) is 38.9. The molecule has 0 aliphatic carbocycles. The Morgan fingerprint density at radius 2 is 1.00 bits per heavy atom. The summed E-state index contributed by atoms with van der Waals surface area (Å²) in [5.74, 6) is -1.83. The van der Waals surface area contributed by atoms with Crippen molar-refractivity contribution in [2.75, 3.05) is 41.0 Å². The maximum absolute atomic E-state index is 12.7. The van der Waals surface area contributed by atoms with Gasteiger partial charge in [0, 0.05) is 19.3 Å². The number of ether oxygens (including phenoxy) is 3. The molecule has 2 unspecified atom stereocenters. The van der Waals surface area contributed by atoms with E-state index >= 15 is 0 Å². The van der Waals surface area contributed by atoms with Gasteiger partial charge in [0.25, 0.3) is 0 Å². The van der Waals surface area contributed by atoms with E-state index < -0.39 is 18.1 Å². The SMILES string of the molecule is CC/C=C/C=C/C=C/C=C/C=C/CCCC(=O)OCC(COCCC(C(=O)[O-])[N+](C)(C)C)OC(=O)CCCCCCCCCCCCCCCCCCCCC. The van der Waals surface area contributed by atoms with Gasteiger partial charge in [0.1, 0.15) is 12.6 Å². The lowest BCUT2D eigenvalue weighted by atomic mass is 10.0. The Bertz CT molecular complexity index is 1100. The molecule has 322 valence electrons. The zero-order chi connectivity index (χ0) is 41.4. The summed E-state index contributed by atoms with van der Waals surface area (Å²) >= 11 is 0. The quantitative estimate of drug-likeness (QED) is 0.0265. The molecule has 0 aliphatic rings. The first kappa shape index (κ1) is 53.0. The molecule has 0 fully saturated rings. The number of hydrogen-bond donors (Lipinski definition) is 0. The van der Waals surface area contributed by atoms with Crippen LogP contribution in [-0.4, -0.2) is 75.5 Å². The van der Waals surface area contributed by atoms with Crippen molar-refractivity contribution in [1.29, 1.82) is 0 Å². The van der Waals surface area contributed by atoms with E-state index in [0.29, 0.717) is 12.8 Å². The Kier molecular flexibility index (Phi) is 36.8. The molecule has 0 saturated carbocycles. The number of hydrogen-bond acceptors (Lipinski definition) is 7. The Hall–Kier alpha value is -2.97. The lowest BCUT2D eigenvalue weighted by Crippen LogP contribution is -2.55. The summed E-state index contributed by atoms with van der Waals surface area (Å²) in [6, 6.07) is -0.737. The Balaban J connectivity index is 4.37. The van der Waals surface area contributed by atoms with Crippen molar-refractivity contribution in [3.8, 4) is 0 Å². The number of nitrogens with zero attached hydrogens (tertiary/aromatic N) is 1. The standard InChI is InChI=1S/C48H83NO7/c1-6-8-10-12-14-16-18-20-21-22-23-24-25-27-29-31-33-35-37-39-47(51)56-44(42-54-41-40-45(48(52)53)49(3,4)5)43-55-46(50)38-36-34-32-30-28-26-19-17-15-13-11-9-7-2/h9,11,13,15,17,19,26,28,30,32,44-45H,6-8,10,12,14,16,18,20-25,27,29,31,33-43H2,1-5H3/b11-9+,15-13+,19-17+,28-26+,32-30+. The minimum absolute atomic E-state index is 0.0177. The number of rotatable bonds is 39. The highest BCUT2D eigenvalue weighted by molar-refractivity contribution is 5.70. The highest BCUT2D eigenvalue weighted by atomic mass is 16.6. The van der Waals surface area contributed by atoms with Crippen molar-refractivity contribution in [2.24, 2.45) is 0 Å². The number of carboxylic acid groups (broad SMARTS) is 1. The highest BCUT2D eigenvalue weighted by Gasteiger charge is 2.25. The Labute approximate surface area is 343 Å². The van der Waals surface area contributed by atoms with Crippen LogP contribution in [0, 0.1) is 0 Å². The van der Waals surface area contributed by atoms with E-state index in [1.165, 1.54) is 103 Å². The van der Waals surface area contributed by atoms with Crippen molar-refractivity contribution in [2.45, 2.75) is 187 Å². The van der Waals surface area contributed by atoms with Crippen molar-refractivity contribution in [1.82, 2.24) is 0 Å². The molecular formula is C48H83NO7. The van der Waals surface area contributed by atoms with Gasteiger partial charge in [-0.3, -0.25) is 9.59 Å². The molecule has 0 aromatic rings. The van der Waals surface area contributed by atoms with Gasteiger partial charge in [-0.05, 0) is 25.7 Å². The number of esters is 2. The van der Waals surface area contributed by atoms with Crippen LogP contribution in [0.3, 0.4) is 0 Å². The second-order valence-electron chi connectivity index (χ2n) is 16.0. The van der Waals surface area contributed by atoms with Crippen LogP contribution in [0.15, 0.2) is 60.8 Å². The van der Waals surface area contributed by atoms with Crippen molar-refractivity contribution >= 4 is 17.9 Å². The molecular weight excluding hydrogens is 703 g/mol. The van der Waals surface area contributed by atoms with E-state index in [1.807, 2.05) is 54.7 Å². The maximum atomic E-state index is 12.7. The van der Waals surface area contributed by atoms with Gasteiger partial charge in [-0.2, -0.15) is 0 Å². The smallest absolute Gasteiger partial charge is 0.306 e. The van der Waals surface area contributed by atoms with E-state index in [0.717, 1.165) is 32.1 Å². The molecule has 8 nitrogen and oxygen atoms in total. The topological polar surface area (TPSA) is 102 Å². The fraction of sp³-hybridized carbons (Fsp3) is 0.729. The summed E-state index contributed by atoms with van der Waals surface area (Å²) in [4.78, 5) is 36.8. The first-order valence-corrected chi connectivity index (χ1v) is 22.4. The summed E-state index contributed by atoms with van der Waals surface area (Å²) < 4.78 is 17.1. The Morgan fingerprint density at radius 3 is 1.46 bits per heavy atom. The van der Waals surface area contributed by atoms with Crippen LogP contribution in [0.4, 0.5) is 0 Å². The average Bonchev–Trinajstić information content (AvgIpc) is 3.15. The number of aliphatic carboxylic acids is 1. The van der Waals surface area contributed by atoms with Crippen molar-refractivity contribution in [3.63, 3.8) is 0 Å². The lowest BCUT2D eigenvalue weighted by Gasteiger charge is -2.34. The summed E-state index contributed by atoms with van der Waals surface area (Å²) in [5, 5.41) is 11.6. The van der Waals surface area contributed by atoms with Gasteiger partial charge in [-0.15, -0.1) is 0 Å². The zero-order valence-electron chi connectivity index (χ0n) is 36.5. The summed E-state index contributed by atoms with van der Waals surface area (Å²) in [6.45, 7) is 4.44. The summed E-state index contributed by atoms with van der Waals surface area (Å²) in [6.07, 6.45) is 46.9. The van der Waals surface area contributed by atoms with Crippen LogP contribution in [0.2, 0.25) is 0 Å². The number of carbonyl (C=O) groups excluding carboxylic acids is 3. The third kappa shape index (κ3) is 36.7. The fourth-order valence-corrected chi connectivity index (χ4v) is 6.34. The predicted molar refractivity (Wildman–Crippen MR) is 231 cm³/mol. The van der Waals surface area contributed by atoms with E-state index in [1.54, 1.807) is 21.1 Å². The average molecular weight is 786 g/mol. The lowest BCUT2D eigenvalue weighted by molar-refractivity contribution is -0.889. The normalized spacial score (nSPS) is 13.5. The number of allylic oxidation sites excluding steroid dienone is 10. The molecule has 0 bridgehead atoms. The van der Waals surface area contributed by atoms with Gasteiger partial charge in [-0.1, -0.05) is 190 Å². The Morgan fingerprint density at radius 1 is 0.554 bits per heavy atom. The van der Waals surface area contributed by atoms with Gasteiger partial charge >= 0.3 is 11.9 Å². The number of carbonyl (C=O) groups is 3. The molecule has 2 atom stereocenters. The summed E-state index contributed by atoms with van der Waals surface area (Å²) in [5.41, 5.74) is 0. The van der Waals surface area contributed by atoms with Gasteiger partial charge < -0.3 is 28.6 Å². The number of likely N-dealkylation sites (N-methyl/N-ethyl adjacent to an activating group) is 1. The molecule has 0 aromatic heterocycles. The molecule has 0 aliphatic heterocycles. The van der Waals surface area contributed by atoms with Crippen LogP contribution in [0.25, 0.3) is 0 Å². The van der Waals surface area contributed by atoms with Crippen molar-refractivity contribution < 1.29 is 38.2 Å². The van der Waals surface area contributed by atoms with Gasteiger partial charge in [0.05, 0.1) is 40.3 Å². The molecule has 0 aromatic carbocycles. The monoisotopic (exact) mass is 786 g/mol. The highest BCUT2D eigenvalue weighted by Crippen LogP contribution is 2.15. The molecule has 0 rings (SSSR count). The first-order chi connectivity index (χ1) is 27.1. The zero-order valence-corrected chi connectivity index (χ0v) is 36.5. The molecule has 0 radical (unpaired) electrons. The molecule has 0 spiro atoms. The molecule has 0 amide bonds. The summed E-state index contributed by atoms with van der Waals surface area (Å²) in [7, 11) is 5.38. The first-order valence-electron chi connectivity index (χ1n) is 22.4. The molecule has 0 heterocycles. The molecule has 56 heavy (non-hydrogen) atoms. The van der Waals surface area contributed by atoms with Crippen LogP contribution < -0.4 is 5.11 Å². The van der Waals surface area contributed by atoms with Gasteiger partial charge in [0.2, 0.25) is 0 Å². The van der Waals surface area contributed by atoms with Crippen LogP contribution >= 0.6 is 0 Å². The van der Waals surface area contributed by atoms with Gasteiger partial charge in [-0.25, -0.2) is 0 Å². The number of quaternary nitrogens is 1. The van der Waals surface area contributed by atoms with E-state index in [-0.39, 0.29) is 49.1 Å². The minimum atomic E-state index is -1.14. The molecule has 0 N–H and O–H groups in total. The van der Waals surface area contributed by atoms with E-state index in [2.05, 4.69) is 19.9 Å². The van der Waals surface area contributed by atoms with Crippen molar-refractivity contribution in [3.05, 3.63) is 60.8 Å². The van der Waals surface area contributed by atoms with E-state index in [4.69, 9.17) is 14.2 Å². The van der Waals surface area contributed by atoms with E-state index in [9.17, 15) is 19.5 Å². The minimum Gasteiger partial charge on any atom is -0.544 e. The van der Waals surface area contributed by atoms with Crippen LogP contribution in [0.1, 0.15) is 174 Å². The molecule has 0 saturated heterocycles. The number of unbranched alkanes of at least 4 members (excludes halogenated alkanes) is 19. The third-order valence-corrected chi connectivity index (χ3v) is 9.80. The van der Waals surface area contributed by atoms with Crippen LogP contribution in [0.5, 0.6) is 0 Å². The number of carboxylic acids is 1. The maximum Gasteiger partial charge on any atom is 0.306 e. The third-order valence-electron chi connectivity index (χ3n) is 9.80. The van der Waals surface area contributed by atoms with Gasteiger partial charge in [0.15, 0.2) is 6.10 Å². The predicted octanol–water partition coefficient (Wildman–Crippen LogP) is 10.9. The largest absolute Gasteiger partial charge is 0.544 e. The molecule has 8 heteroatoms.